The maximum atomic E-state index is 11.7. The number of fused-ring (bicyclic) bond motifs is 4. The van der Waals surface area contributed by atoms with E-state index in [1.165, 1.54) is 25.9 Å². The van der Waals surface area contributed by atoms with Gasteiger partial charge in [-0.2, -0.15) is 5.10 Å². The van der Waals surface area contributed by atoms with Crippen LogP contribution in [0.5, 0.6) is 0 Å². The van der Waals surface area contributed by atoms with Crippen molar-refractivity contribution in [3.8, 4) is 0 Å². The number of carbonyl (C=O) groups excluding carboxylic acids is 1. The molecule has 104 valence electrons. The first-order chi connectivity index (χ1) is 9.74. The predicted octanol–water partition coefficient (Wildman–Crippen LogP) is 1.40. The summed E-state index contributed by atoms with van der Waals surface area (Å²) in [7, 11) is 0. The minimum absolute atomic E-state index is 0.371. The van der Waals surface area contributed by atoms with Crippen LogP contribution in [0.3, 0.4) is 0 Å². The standard InChI is InChI=1S/C15H18N4O/c16-15(20)12-3-1-2-11-8-17-19(14(11)12)13-9-18-6-4-10(13)5-7-18/h1-3,8,10,13H,4-7,9H2,(H2,16,20)/t13-/m1/s1. The number of carbonyl (C=O) groups is 1. The molecule has 5 heteroatoms. The average Bonchev–Trinajstić information content (AvgIpc) is 2.92. The number of hydrogen-bond donors (Lipinski definition) is 1. The van der Waals surface area contributed by atoms with Crippen molar-refractivity contribution in [2.75, 3.05) is 19.6 Å². The molecule has 0 saturated carbocycles. The predicted molar refractivity (Wildman–Crippen MR) is 76.5 cm³/mol. The fraction of sp³-hybridized carbons (Fsp3) is 0.467. The number of primary amides is 1. The Hall–Kier alpha value is -1.88. The number of aromatic nitrogens is 2. The van der Waals surface area contributed by atoms with Gasteiger partial charge in [-0.15, -0.1) is 0 Å². The highest BCUT2D eigenvalue weighted by molar-refractivity contribution is 6.04. The third-order valence-electron chi connectivity index (χ3n) is 4.82. The van der Waals surface area contributed by atoms with Gasteiger partial charge in [0, 0.05) is 11.9 Å². The molecule has 0 unspecified atom stereocenters. The topological polar surface area (TPSA) is 64.2 Å². The van der Waals surface area contributed by atoms with Gasteiger partial charge in [0.05, 0.1) is 23.3 Å². The smallest absolute Gasteiger partial charge is 0.250 e. The van der Waals surface area contributed by atoms with Gasteiger partial charge < -0.3 is 10.6 Å². The van der Waals surface area contributed by atoms with Gasteiger partial charge in [-0.1, -0.05) is 12.1 Å². The van der Waals surface area contributed by atoms with Crippen molar-refractivity contribution in [3.63, 3.8) is 0 Å². The lowest BCUT2D eigenvalue weighted by atomic mass is 9.84. The van der Waals surface area contributed by atoms with Gasteiger partial charge >= 0.3 is 0 Å². The van der Waals surface area contributed by atoms with Crippen LogP contribution in [0.2, 0.25) is 0 Å². The Labute approximate surface area is 117 Å². The van der Waals surface area contributed by atoms with Gasteiger partial charge in [0.25, 0.3) is 5.91 Å². The minimum atomic E-state index is -0.376. The fourth-order valence-electron chi connectivity index (χ4n) is 3.76. The first kappa shape index (κ1) is 11.9. The average molecular weight is 270 g/mol. The zero-order chi connectivity index (χ0) is 13.7. The van der Waals surface area contributed by atoms with Gasteiger partial charge in [-0.25, -0.2) is 0 Å². The molecule has 3 aliphatic heterocycles. The van der Waals surface area contributed by atoms with E-state index < -0.39 is 0 Å². The molecule has 5 rings (SSSR count). The summed E-state index contributed by atoms with van der Waals surface area (Å²) in [6.07, 6.45) is 4.30. The SMILES string of the molecule is NC(=O)c1cccc2cnn([C@@H]3CN4CCC3CC4)c12. The summed E-state index contributed by atoms with van der Waals surface area (Å²) >= 11 is 0. The van der Waals surface area contributed by atoms with Crippen molar-refractivity contribution < 1.29 is 4.79 Å². The summed E-state index contributed by atoms with van der Waals surface area (Å²) in [5, 5.41) is 5.56. The Morgan fingerprint density at radius 3 is 2.75 bits per heavy atom. The van der Waals surface area contributed by atoms with Gasteiger partial charge in [0.15, 0.2) is 0 Å². The Morgan fingerprint density at radius 1 is 1.30 bits per heavy atom. The molecule has 2 aromatic rings. The quantitative estimate of drug-likeness (QED) is 0.897. The Morgan fingerprint density at radius 2 is 2.10 bits per heavy atom. The summed E-state index contributed by atoms with van der Waals surface area (Å²) < 4.78 is 2.05. The van der Waals surface area contributed by atoms with Gasteiger partial charge in [0.1, 0.15) is 0 Å². The lowest BCUT2D eigenvalue weighted by Gasteiger charge is -2.44. The van der Waals surface area contributed by atoms with Crippen LogP contribution < -0.4 is 5.73 Å². The van der Waals surface area contributed by atoms with Crippen LogP contribution in [0, 0.1) is 5.92 Å². The molecule has 0 spiro atoms. The first-order valence-corrected chi connectivity index (χ1v) is 7.22. The third-order valence-corrected chi connectivity index (χ3v) is 4.82. The van der Waals surface area contributed by atoms with Crippen molar-refractivity contribution in [1.29, 1.82) is 0 Å². The summed E-state index contributed by atoms with van der Waals surface area (Å²) in [5.74, 6) is 0.294. The highest BCUT2D eigenvalue weighted by Gasteiger charge is 2.36. The molecule has 2 N–H and O–H groups in total. The molecule has 3 fully saturated rings. The number of hydrogen-bond acceptors (Lipinski definition) is 3. The summed E-state index contributed by atoms with van der Waals surface area (Å²) in [4.78, 5) is 14.2. The molecule has 5 nitrogen and oxygen atoms in total. The fourth-order valence-corrected chi connectivity index (χ4v) is 3.76. The van der Waals surface area contributed by atoms with E-state index in [0.717, 1.165) is 17.4 Å². The number of piperidine rings is 3. The van der Waals surface area contributed by atoms with E-state index in [-0.39, 0.29) is 5.91 Å². The van der Waals surface area contributed by atoms with Crippen molar-refractivity contribution in [3.05, 3.63) is 30.0 Å². The van der Waals surface area contributed by atoms with Crippen molar-refractivity contribution in [2.24, 2.45) is 11.7 Å². The normalized spacial score (nSPS) is 28.9. The molecule has 1 aromatic heterocycles. The molecular formula is C15H18N4O. The van der Waals surface area contributed by atoms with E-state index in [4.69, 9.17) is 5.73 Å². The largest absolute Gasteiger partial charge is 0.366 e. The van der Waals surface area contributed by atoms with E-state index >= 15 is 0 Å². The number of rotatable bonds is 2. The molecule has 4 heterocycles. The van der Waals surface area contributed by atoms with Crippen molar-refractivity contribution in [2.45, 2.75) is 18.9 Å². The van der Waals surface area contributed by atoms with Gasteiger partial charge in [-0.3, -0.25) is 9.48 Å². The van der Waals surface area contributed by atoms with Crippen LogP contribution >= 0.6 is 0 Å². The lowest BCUT2D eigenvalue weighted by molar-refractivity contribution is 0.0533. The van der Waals surface area contributed by atoms with Gasteiger partial charge in [-0.05, 0) is 37.9 Å². The molecule has 0 radical (unpaired) electrons. The summed E-state index contributed by atoms with van der Waals surface area (Å²) in [6.45, 7) is 3.43. The molecular weight excluding hydrogens is 252 g/mol. The molecule has 20 heavy (non-hydrogen) atoms. The lowest BCUT2D eigenvalue weighted by Crippen LogP contribution is -2.48. The second-order valence-electron chi connectivity index (χ2n) is 5.90. The number of benzene rings is 1. The monoisotopic (exact) mass is 270 g/mol. The highest BCUT2D eigenvalue weighted by Crippen LogP contribution is 2.37. The van der Waals surface area contributed by atoms with Crippen LogP contribution in [-0.2, 0) is 0 Å². The molecule has 1 aromatic carbocycles. The number of nitrogens with two attached hydrogens (primary N) is 1. The van der Waals surface area contributed by atoms with Crippen LogP contribution in [0.15, 0.2) is 24.4 Å². The van der Waals surface area contributed by atoms with Crippen LogP contribution in [0.1, 0.15) is 29.2 Å². The summed E-state index contributed by atoms with van der Waals surface area (Å²) in [6, 6.07) is 6.03. The van der Waals surface area contributed by atoms with Crippen LogP contribution in [0.4, 0.5) is 0 Å². The summed E-state index contributed by atoms with van der Waals surface area (Å²) in [5.41, 5.74) is 7.00. The number of nitrogens with zero attached hydrogens (tertiary/aromatic N) is 3. The van der Waals surface area contributed by atoms with Crippen LogP contribution in [0.25, 0.3) is 10.9 Å². The Bertz CT molecular complexity index is 670. The molecule has 0 aliphatic carbocycles. The van der Waals surface area contributed by atoms with E-state index in [0.29, 0.717) is 17.5 Å². The molecule has 3 saturated heterocycles. The van der Waals surface area contributed by atoms with E-state index in [1.54, 1.807) is 6.07 Å². The third kappa shape index (κ3) is 1.66. The maximum absolute atomic E-state index is 11.7. The zero-order valence-corrected chi connectivity index (χ0v) is 11.3. The Balaban J connectivity index is 1.86. The first-order valence-electron chi connectivity index (χ1n) is 7.22. The molecule has 2 bridgehead atoms. The van der Waals surface area contributed by atoms with E-state index in [1.807, 2.05) is 23.0 Å². The highest BCUT2D eigenvalue weighted by atomic mass is 16.1. The Kier molecular flexibility index (Phi) is 2.57. The maximum Gasteiger partial charge on any atom is 0.250 e. The van der Waals surface area contributed by atoms with E-state index in [2.05, 4.69) is 10.00 Å². The van der Waals surface area contributed by atoms with Crippen molar-refractivity contribution >= 4 is 16.8 Å². The number of para-hydroxylation sites is 1. The molecule has 1 amide bonds. The number of amides is 1. The molecule has 3 aliphatic rings. The molecule has 1 atom stereocenters. The van der Waals surface area contributed by atoms with Crippen molar-refractivity contribution in [1.82, 2.24) is 14.7 Å². The van der Waals surface area contributed by atoms with Crippen LogP contribution in [-0.4, -0.2) is 40.2 Å². The minimum Gasteiger partial charge on any atom is -0.366 e. The second-order valence-corrected chi connectivity index (χ2v) is 5.90. The second kappa shape index (κ2) is 4.31. The van der Waals surface area contributed by atoms with E-state index in [9.17, 15) is 4.79 Å². The zero-order valence-electron chi connectivity index (χ0n) is 11.3. The van der Waals surface area contributed by atoms with Gasteiger partial charge in [0.2, 0.25) is 0 Å².